The van der Waals surface area contributed by atoms with Gasteiger partial charge in [0.15, 0.2) is 0 Å². The Morgan fingerprint density at radius 3 is 2.71 bits per heavy atom. The SMILES string of the molecule is C[C@@H]1C2=C(CC[C@H]2C(=O)N(CCO)Cc2cccc(F)c2)Cc2c1cnn2-c1ccc(F)cc1. The lowest BCUT2D eigenvalue weighted by atomic mass is 9.79. The van der Waals surface area contributed by atoms with Gasteiger partial charge in [0, 0.05) is 31.0 Å². The molecule has 0 radical (unpaired) electrons. The minimum atomic E-state index is -0.341. The van der Waals surface area contributed by atoms with Crippen LogP contribution in [0.2, 0.25) is 0 Å². The first kappa shape index (κ1) is 22.5. The Morgan fingerprint density at radius 2 is 1.97 bits per heavy atom. The third kappa shape index (κ3) is 4.05. The summed E-state index contributed by atoms with van der Waals surface area (Å²) >= 11 is 0. The normalized spacial score (nSPS) is 19.2. The Hall–Kier alpha value is -3.32. The predicted octanol–water partition coefficient (Wildman–Crippen LogP) is 4.54. The zero-order chi connectivity index (χ0) is 23.8. The molecular formula is C27H27F2N3O2. The van der Waals surface area contributed by atoms with E-state index >= 15 is 0 Å². The molecule has 0 saturated heterocycles. The summed E-state index contributed by atoms with van der Waals surface area (Å²) in [6.07, 6.45) is 4.12. The van der Waals surface area contributed by atoms with Gasteiger partial charge in [0.2, 0.25) is 5.91 Å². The van der Waals surface area contributed by atoms with Crippen molar-refractivity contribution in [3.05, 3.63) is 94.3 Å². The van der Waals surface area contributed by atoms with E-state index < -0.39 is 0 Å². The topological polar surface area (TPSA) is 58.4 Å². The lowest BCUT2D eigenvalue weighted by Gasteiger charge is -2.30. The van der Waals surface area contributed by atoms with Crippen molar-refractivity contribution in [3.63, 3.8) is 0 Å². The molecule has 1 heterocycles. The van der Waals surface area contributed by atoms with Gasteiger partial charge in [-0.15, -0.1) is 0 Å². The molecule has 7 heteroatoms. The van der Waals surface area contributed by atoms with Crippen LogP contribution >= 0.6 is 0 Å². The molecular weight excluding hydrogens is 436 g/mol. The highest BCUT2D eigenvalue weighted by Crippen LogP contribution is 2.47. The molecule has 176 valence electrons. The molecule has 2 aliphatic rings. The molecule has 5 nitrogen and oxygen atoms in total. The molecule has 0 unspecified atom stereocenters. The average molecular weight is 464 g/mol. The Morgan fingerprint density at radius 1 is 1.18 bits per heavy atom. The number of amides is 1. The smallest absolute Gasteiger partial charge is 0.230 e. The van der Waals surface area contributed by atoms with Gasteiger partial charge in [0.05, 0.1) is 30.1 Å². The summed E-state index contributed by atoms with van der Waals surface area (Å²) < 4.78 is 28.9. The van der Waals surface area contributed by atoms with Crippen LogP contribution in [0.3, 0.4) is 0 Å². The van der Waals surface area contributed by atoms with Gasteiger partial charge in [-0.05, 0) is 54.8 Å². The average Bonchev–Trinajstić information content (AvgIpc) is 3.44. The van der Waals surface area contributed by atoms with E-state index in [2.05, 4.69) is 12.0 Å². The molecule has 0 fully saturated rings. The number of rotatable bonds is 6. The second-order valence-corrected chi connectivity index (χ2v) is 9.10. The Kier molecular flexibility index (Phi) is 6.04. The van der Waals surface area contributed by atoms with E-state index in [1.165, 1.54) is 29.8 Å². The second-order valence-electron chi connectivity index (χ2n) is 9.10. The molecule has 2 aliphatic carbocycles. The molecule has 34 heavy (non-hydrogen) atoms. The zero-order valence-corrected chi connectivity index (χ0v) is 19.0. The maximum absolute atomic E-state index is 13.7. The van der Waals surface area contributed by atoms with Crippen molar-refractivity contribution in [2.24, 2.45) is 5.92 Å². The predicted molar refractivity (Wildman–Crippen MR) is 124 cm³/mol. The fraction of sp³-hybridized carbons (Fsp3) is 0.333. The first-order valence-electron chi connectivity index (χ1n) is 11.6. The van der Waals surface area contributed by atoms with Crippen LogP contribution in [0.5, 0.6) is 0 Å². The first-order chi connectivity index (χ1) is 16.5. The highest BCUT2D eigenvalue weighted by molar-refractivity contribution is 5.83. The van der Waals surface area contributed by atoms with Crippen molar-refractivity contribution in [3.8, 4) is 5.69 Å². The van der Waals surface area contributed by atoms with Crippen LogP contribution in [0.25, 0.3) is 5.69 Å². The summed E-state index contributed by atoms with van der Waals surface area (Å²) in [5.41, 5.74) is 6.09. The molecule has 0 bridgehead atoms. The van der Waals surface area contributed by atoms with Crippen LogP contribution in [-0.4, -0.2) is 38.8 Å². The van der Waals surface area contributed by atoms with E-state index in [1.807, 2.05) is 10.9 Å². The molecule has 2 aromatic carbocycles. The summed E-state index contributed by atoms with van der Waals surface area (Å²) in [4.78, 5) is 15.3. The fourth-order valence-corrected chi connectivity index (χ4v) is 5.48. The van der Waals surface area contributed by atoms with Gasteiger partial charge in [0.1, 0.15) is 11.6 Å². The number of carbonyl (C=O) groups is 1. The van der Waals surface area contributed by atoms with Gasteiger partial charge >= 0.3 is 0 Å². The maximum atomic E-state index is 13.7. The molecule has 2 atom stereocenters. The largest absolute Gasteiger partial charge is 0.395 e. The third-order valence-corrected chi connectivity index (χ3v) is 7.05. The molecule has 0 saturated carbocycles. The van der Waals surface area contributed by atoms with E-state index in [1.54, 1.807) is 29.2 Å². The van der Waals surface area contributed by atoms with Gasteiger partial charge < -0.3 is 10.0 Å². The number of aliphatic hydroxyl groups is 1. The molecule has 1 amide bonds. The van der Waals surface area contributed by atoms with Crippen LogP contribution in [-0.2, 0) is 17.8 Å². The molecule has 1 aromatic heterocycles. The van der Waals surface area contributed by atoms with Crippen molar-refractivity contribution in [2.45, 2.75) is 38.6 Å². The van der Waals surface area contributed by atoms with Gasteiger partial charge in [-0.3, -0.25) is 4.79 Å². The number of hydrogen-bond acceptors (Lipinski definition) is 3. The Bertz CT molecular complexity index is 1250. The van der Waals surface area contributed by atoms with Gasteiger partial charge in [-0.2, -0.15) is 5.10 Å². The first-order valence-corrected chi connectivity index (χ1v) is 11.6. The summed E-state index contributed by atoms with van der Waals surface area (Å²) in [5, 5.41) is 14.2. The van der Waals surface area contributed by atoms with Crippen molar-refractivity contribution in [1.29, 1.82) is 0 Å². The van der Waals surface area contributed by atoms with Crippen LogP contribution in [0.1, 0.15) is 42.5 Å². The number of nitrogens with zero attached hydrogens (tertiary/aromatic N) is 3. The number of benzene rings is 2. The Labute approximate surface area is 197 Å². The van der Waals surface area contributed by atoms with E-state index in [0.717, 1.165) is 35.4 Å². The van der Waals surface area contributed by atoms with Crippen molar-refractivity contribution in [2.75, 3.05) is 13.2 Å². The van der Waals surface area contributed by atoms with Crippen molar-refractivity contribution in [1.82, 2.24) is 14.7 Å². The van der Waals surface area contributed by atoms with E-state index in [0.29, 0.717) is 12.0 Å². The van der Waals surface area contributed by atoms with Gasteiger partial charge in [0.25, 0.3) is 0 Å². The standard InChI is InChI=1S/C27H27F2N3O2/c1-17-24-15-30-32(22-8-6-20(28)7-9-22)25(24)14-19-5-10-23(26(17)19)27(34)31(11-12-33)16-18-3-2-4-21(29)13-18/h2-4,6-9,13,15,17,23,33H,5,10-12,14,16H2,1H3/t17-,23+/m0/s1. The summed E-state index contributed by atoms with van der Waals surface area (Å²) in [5.74, 6) is -0.871. The zero-order valence-electron chi connectivity index (χ0n) is 19.0. The highest BCUT2D eigenvalue weighted by Gasteiger charge is 2.40. The molecule has 5 rings (SSSR count). The van der Waals surface area contributed by atoms with Crippen molar-refractivity contribution < 1.29 is 18.7 Å². The lowest BCUT2D eigenvalue weighted by molar-refractivity contribution is -0.135. The van der Waals surface area contributed by atoms with Crippen LogP contribution in [0.4, 0.5) is 8.78 Å². The Balaban J connectivity index is 1.41. The minimum Gasteiger partial charge on any atom is -0.395 e. The van der Waals surface area contributed by atoms with Crippen molar-refractivity contribution >= 4 is 5.91 Å². The van der Waals surface area contributed by atoms with Crippen LogP contribution < -0.4 is 0 Å². The van der Waals surface area contributed by atoms with Gasteiger partial charge in [-0.25, -0.2) is 13.5 Å². The second kappa shape index (κ2) is 9.14. The number of aromatic nitrogens is 2. The monoisotopic (exact) mass is 463 g/mol. The molecule has 1 N–H and O–H groups in total. The summed E-state index contributed by atoms with van der Waals surface area (Å²) in [6.45, 7) is 2.43. The van der Waals surface area contributed by atoms with E-state index in [4.69, 9.17) is 0 Å². The molecule has 0 aliphatic heterocycles. The van der Waals surface area contributed by atoms with E-state index in [9.17, 15) is 18.7 Å². The molecule has 0 spiro atoms. The maximum Gasteiger partial charge on any atom is 0.230 e. The third-order valence-electron chi connectivity index (χ3n) is 7.05. The van der Waals surface area contributed by atoms with Crippen LogP contribution in [0, 0.1) is 17.6 Å². The number of aliphatic hydroxyl groups excluding tert-OH is 1. The number of allylic oxidation sites excluding steroid dienone is 1. The summed E-state index contributed by atoms with van der Waals surface area (Å²) in [6, 6.07) is 12.5. The number of fused-ring (bicyclic) bond motifs is 1. The summed E-state index contributed by atoms with van der Waals surface area (Å²) in [7, 11) is 0. The number of carbonyl (C=O) groups excluding carboxylic acids is 1. The fourth-order valence-electron chi connectivity index (χ4n) is 5.48. The van der Waals surface area contributed by atoms with E-state index in [-0.39, 0.29) is 49.1 Å². The van der Waals surface area contributed by atoms with Crippen LogP contribution in [0.15, 0.2) is 65.9 Å². The van der Waals surface area contributed by atoms with Gasteiger partial charge in [-0.1, -0.05) is 30.2 Å². The minimum absolute atomic E-state index is 0.0236. The number of halogens is 2. The highest BCUT2D eigenvalue weighted by atomic mass is 19.1. The lowest BCUT2D eigenvalue weighted by Crippen LogP contribution is -2.38. The molecule has 3 aromatic rings. The number of hydrogen-bond donors (Lipinski definition) is 1. The quantitative estimate of drug-likeness (QED) is 0.546.